The molecule has 0 unspecified atom stereocenters. The first kappa shape index (κ1) is 25.2. The summed E-state index contributed by atoms with van der Waals surface area (Å²) in [5.74, 6) is 1.93. The lowest BCUT2D eigenvalue weighted by Gasteiger charge is -2.27. The maximum absolute atomic E-state index is 9.00. The molecular formula is C25H35ClN8O. The van der Waals surface area contributed by atoms with Gasteiger partial charge in [-0.3, -0.25) is 4.98 Å². The maximum Gasteiger partial charge on any atom is 0.231 e. The molecule has 1 saturated heterocycles. The van der Waals surface area contributed by atoms with E-state index < -0.39 is 0 Å². The zero-order chi connectivity index (χ0) is 24.3. The molecule has 9 nitrogen and oxygen atoms in total. The van der Waals surface area contributed by atoms with Crippen molar-refractivity contribution in [3.63, 3.8) is 0 Å². The highest BCUT2D eigenvalue weighted by atomic mass is 35.5. The maximum atomic E-state index is 9.00. The Morgan fingerprint density at radius 1 is 0.829 bits per heavy atom. The number of benzene rings is 1. The van der Waals surface area contributed by atoms with Crippen LogP contribution in [0.5, 0.6) is 0 Å². The summed E-state index contributed by atoms with van der Waals surface area (Å²) >= 11 is 6.09. The summed E-state index contributed by atoms with van der Waals surface area (Å²) in [5, 5.41) is 20.9. The second-order valence-corrected chi connectivity index (χ2v) is 9.20. The van der Waals surface area contributed by atoms with Crippen molar-refractivity contribution in [1.29, 1.82) is 0 Å². The predicted molar refractivity (Wildman–Crippen MR) is 144 cm³/mol. The van der Waals surface area contributed by atoms with Gasteiger partial charge in [0.05, 0.1) is 5.52 Å². The highest BCUT2D eigenvalue weighted by molar-refractivity contribution is 6.31. The van der Waals surface area contributed by atoms with Crippen LogP contribution < -0.4 is 20.9 Å². The van der Waals surface area contributed by atoms with Crippen molar-refractivity contribution in [1.82, 2.24) is 19.9 Å². The SMILES string of the molecule is OCCCCNc1nc(NCCCCNc2ccnc3cc(Cl)ccc23)nc(N2CCCCC2)n1. The van der Waals surface area contributed by atoms with Gasteiger partial charge in [0.25, 0.3) is 0 Å². The van der Waals surface area contributed by atoms with Gasteiger partial charge >= 0.3 is 0 Å². The van der Waals surface area contributed by atoms with E-state index in [1.807, 2.05) is 24.3 Å². The second-order valence-electron chi connectivity index (χ2n) is 8.77. The predicted octanol–water partition coefficient (Wildman–Crippen LogP) is 4.55. The number of hydrogen-bond donors (Lipinski definition) is 4. The van der Waals surface area contributed by atoms with E-state index in [9.17, 15) is 0 Å². The first-order valence-corrected chi connectivity index (χ1v) is 13.0. The summed E-state index contributed by atoms with van der Waals surface area (Å²) < 4.78 is 0. The highest BCUT2D eigenvalue weighted by Gasteiger charge is 2.16. The van der Waals surface area contributed by atoms with Crippen LogP contribution in [0, 0.1) is 0 Å². The number of piperidine rings is 1. The normalized spacial score (nSPS) is 13.7. The molecular weight excluding hydrogens is 464 g/mol. The Labute approximate surface area is 211 Å². The minimum Gasteiger partial charge on any atom is -0.396 e. The van der Waals surface area contributed by atoms with Crippen LogP contribution in [0.1, 0.15) is 44.9 Å². The molecule has 0 radical (unpaired) electrons. The summed E-state index contributed by atoms with van der Waals surface area (Å²) in [5.41, 5.74) is 1.96. The monoisotopic (exact) mass is 498 g/mol. The van der Waals surface area contributed by atoms with Crippen molar-refractivity contribution in [3.05, 3.63) is 35.5 Å². The van der Waals surface area contributed by atoms with Crippen LogP contribution in [-0.2, 0) is 0 Å². The number of anilines is 4. The van der Waals surface area contributed by atoms with Crippen LogP contribution in [0.3, 0.4) is 0 Å². The van der Waals surface area contributed by atoms with E-state index in [-0.39, 0.29) is 6.61 Å². The summed E-state index contributed by atoms with van der Waals surface area (Å²) in [6, 6.07) is 7.78. The number of pyridine rings is 1. The van der Waals surface area contributed by atoms with Gasteiger partial charge in [-0.05, 0) is 69.2 Å². The summed E-state index contributed by atoms with van der Waals surface area (Å²) in [6.07, 6.45) is 9.01. The largest absolute Gasteiger partial charge is 0.396 e. The van der Waals surface area contributed by atoms with Gasteiger partial charge in [0, 0.05) is 61.6 Å². The van der Waals surface area contributed by atoms with E-state index in [2.05, 4.69) is 40.8 Å². The first-order valence-electron chi connectivity index (χ1n) is 12.6. The van der Waals surface area contributed by atoms with Gasteiger partial charge in [-0.1, -0.05) is 11.6 Å². The molecule has 1 aliphatic heterocycles. The third-order valence-electron chi connectivity index (χ3n) is 6.04. The van der Waals surface area contributed by atoms with Gasteiger partial charge in [-0.15, -0.1) is 0 Å². The smallest absolute Gasteiger partial charge is 0.231 e. The molecule has 0 aliphatic carbocycles. The van der Waals surface area contributed by atoms with E-state index in [1.165, 1.54) is 19.3 Å². The number of halogens is 1. The van der Waals surface area contributed by atoms with E-state index in [0.29, 0.717) is 16.9 Å². The van der Waals surface area contributed by atoms with Crippen molar-refractivity contribution in [2.24, 2.45) is 0 Å². The highest BCUT2D eigenvalue weighted by Crippen LogP contribution is 2.24. The molecule has 1 aromatic carbocycles. The Bertz CT molecular complexity index is 1080. The molecule has 0 atom stereocenters. The summed E-state index contributed by atoms with van der Waals surface area (Å²) in [4.78, 5) is 20.5. The Morgan fingerprint density at radius 2 is 1.51 bits per heavy atom. The zero-order valence-electron chi connectivity index (χ0n) is 20.1. The topological polar surface area (TPSA) is 111 Å². The molecule has 4 rings (SSSR count). The lowest BCUT2D eigenvalue weighted by Crippen LogP contribution is -2.31. The van der Waals surface area contributed by atoms with Crippen molar-refractivity contribution in [3.8, 4) is 0 Å². The quantitative estimate of drug-likeness (QED) is 0.252. The van der Waals surface area contributed by atoms with Gasteiger partial charge < -0.3 is 26.0 Å². The molecule has 0 spiro atoms. The Hall–Kier alpha value is -2.91. The number of unbranched alkanes of at least 4 members (excludes halogenated alkanes) is 2. The number of nitrogens with zero attached hydrogens (tertiary/aromatic N) is 5. The average molecular weight is 499 g/mol. The van der Waals surface area contributed by atoms with Crippen LogP contribution in [-0.4, -0.2) is 64.4 Å². The standard InChI is InChI=1S/C25H35ClN8O/c26-19-8-9-20-21(10-14-28-22(20)18-19)27-11-2-3-12-29-23-31-24(30-13-4-7-17-35)33-25(32-23)34-15-5-1-6-16-34/h8-10,14,18,35H,1-7,11-13,15-17H2,(H,27,28)(H2,29,30,31,32,33). The number of nitrogens with one attached hydrogen (secondary N) is 3. The summed E-state index contributed by atoms with van der Waals surface area (Å²) in [6.45, 7) is 4.53. The zero-order valence-corrected chi connectivity index (χ0v) is 20.9. The molecule has 35 heavy (non-hydrogen) atoms. The molecule has 1 aliphatic rings. The fraction of sp³-hybridized carbons (Fsp3) is 0.520. The second kappa shape index (κ2) is 13.3. The van der Waals surface area contributed by atoms with Crippen molar-refractivity contribution in [2.45, 2.75) is 44.9 Å². The van der Waals surface area contributed by atoms with E-state index in [1.54, 1.807) is 6.20 Å². The number of fused-ring (bicyclic) bond motifs is 1. The van der Waals surface area contributed by atoms with Crippen LogP contribution in [0.15, 0.2) is 30.5 Å². The van der Waals surface area contributed by atoms with E-state index in [0.717, 1.165) is 80.9 Å². The molecule has 10 heteroatoms. The fourth-order valence-corrected chi connectivity index (χ4v) is 4.31. The molecule has 3 aromatic rings. The summed E-state index contributed by atoms with van der Waals surface area (Å²) in [7, 11) is 0. The van der Waals surface area contributed by atoms with Gasteiger partial charge in [0.1, 0.15) is 0 Å². The van der Waals surface area contributed by atoms with Crippen LogP contribution in [0.4, 0.5) is 23.5 Å². The van der Waals surface area contributed by atoms with Crippen LogP contribution in [0.2, 0.25) is 5.02 Å². The third kappa shape index (κ3) is 7.53. The van der Waals surface area contributed by atoms with Gasteiger partial charge in [-0.2, -0.15) is 15.0 Å². The Morgan fingerprint density at radius 3 is 2.23 bits per heavy atom. The molecule has 3 heterocycles. The van der Waals surface area contributed by atoms with Gasteiger partial charge in [0.15, 0.2) is 0 Å². The first-order chi connectivity index (χ1) is 17.2. The average Bonchev–Trinajstić information content (AvgIpc) is 2.89. The Kier molecular flexibility index (Phi) is 9.54. The van der Waals surface area contributed by atoms with Crippen molar-refractivity contribution < 1.29 is 5.11 Å². The fourth-order valence-electron chi connectivity index (χ4n) is 4.14. The number of hydrogen-bond acceptors (Lipinski definition) is 9. The van der Waals surface area contributed by atoms with Gasteiger partial charge in [0.2, 0.25) is 17.8 Å². The third-order valence-corrected chi connectivity index (χ3v) is 6.27. The number of aliphatic hydroxyl groups is 1. The molecule has 0 saturated carbocycles. The van der Waals surface area contributed by atoms with Gasteiger partial charge in [-0.25, -0.2) is 0 Å². The van der Waals surface area contributed by atoms with E-state index >= 15 is 0 Å². The lowest BCUT2D eigenvalue weighted by atomic mass is 10.1. The molecule has 4 N–H and O–H groups in total. The molecule has 188 valence electrons. The minimum atomic E-state index is 0.200. The number of aliphatic hydroxyl groups excluding tert-OH is 1. The van der Waals surface area contributed by atoms with Crippen LogP contribution in [0.25, 0.3) is 10.9 Å². The van der Waals surface area contributed by atoms with E-state index in [4.69, 9.17) is 16.7 Å². The molecule has 2 aromatic heterocycles. The number of aromatic nitrogens is 4. The molecule has 0 amide bonds. The minimum absolute atomic E-state index is 0.200. The number of rotatable bonds is 13. The lowest BCUT2D eigenvalue weighted by molar-refractivity contribution is 0.286. The Balaban J connectivity index is 1.28. The molecule has 0 bridgehead atoms. The molecule has 1 fully saturated rings. The van der Waals surface area contributed by atoms with Crippen molar-refractivity contribution >= 4 is 46.0 Å². The van der Waals surface area contributed by atoms with Crippen LogP contribution >= 0.6 is 11.6 Å². The van der Waals surface area contributed by atoms with Crippen molar-refractivity contribution in [2.75, 3.05) is 60.2 Å².